The molecule has 1 aliphatic carbocycles. The van der Waals surface area contributed by atoms with Crippen molar-refractivity contribution in [1.29, 1.82) is 0 Å². The van der Waals surface area contributed by atoms with Gasteiger partial charge in [0.2, 0.25) is 0 Å². The SMILES string of the molecule is CCOC(=O)/C=C/C=C(/C=C(C)\C=C\C1=C(C)CCCC1(C)C)OC. The van der Waals surface area contributed by atoms with Crippen LogP contribution in [-0.2, 0) is 14.3 Å². The number of hydrogen-bond acceptors (Lipinski definition) is 3. The molecule has 3 heteroatoms. The van der Waals surface area contributed by atoms with Crippen LogP contribution in [0.3, 0.4) is 0 Å². The molecule has 0 radical (unpaired) electrons. The quantitative estimate of drug-likeness (QED) is 0.258. The van der Waals surface area contributed by atoms with Gasteiger partial charge >= 0.3 is 5.97 Å². The van der Waals surface area contributed by atoms with Gasteiger partial charge in [-0.1, -0.05) is 37.6 Å². The van der Waals surface area contributed by atoms with Crippen molar-refractivity contribution in [2.24, 2.45) is 5.41 Å². The monoisotopic (exact) mass is 344 g/mol. The van der Waals surface area contributed by atoms with Crippen LogP contribution in [0.5, 0.6) is 0 Å². The molecule has 3 nitrogen and oxygen atoms in total. The predicted molar refractivity (Wildman–Crippen MR) is 104 cm³/mol. The molecule has 0 aromatic rings. The molecule has 0 aromatic heterocycles. The Labute approximate surface area is 152 Å². The van der Waals surface area contributed by atoms with Crippen molar-refractivity contribution in [1.82, 2.24) is 0 Å². The number of allylic oxidation sites excluding steroid dienone is 8. The van der Waals surface area contributed by atoms with Crippen LogP contribution in [0, 0.1) is 5.41 Å². The molecular weight excluding hydrogens is 312 g/mol. The zero-order chi connectivity index (χ0) is 18.9. The highest BCUT2D eigenvalue weighted by Crippen LogP contribution is 2.40. The summed E-state index contributed by atoms with van der Waals surface area (Å²) in [4.78, 5) is 11.3. The minimum absolute atomic E-state index is 0.238. The number of ether oxygens (including phenoxy) is 2. The van der Waals surface area contributed by atoms with E-state index in [9.17, 15) is 4.79 Å². The minimum atomic E-state index is -0.350. The second-order valence-corrected chi connectivity index (χ2v) is 7.04. The fourth-order valence-electron chi connectivity index (χ4n) is 3.08. The van der Waals surface area contributed by atoms with E-state index in [1.165, 1.54) is 36.5 Å². The lowest BCUT2D eigenvalue weighted by Crippen LogP contribution is -2.19. The number of esters is 1. The Bertz CT molecular complexity index is 613. The summed E-state index contributed by atoms with van der Waals surface area (Å²) in [5, 5.41) is 0. The van der Waals surface area contributed by atoms with E-state index < -0.39 is 0 Å². The van der Waals surface area contributed by atoms with Gasteiger partial charge in [-0.15, -0.1) is 0 Å². The van der Waals surface area contributed by atoms with Crippen LogP contribution in [0.15, 0.2) is 58.9 Å². The van der Waals surface area contributed by atoms with Crippen molar-refractivity contribution >= 4 is 5.97 Å². The minimum Gasteiger partial charge on any atom is -0.497 e. The molecule has 0 unspecified atom stereocenters. The number of carbonyl (C=O) groups is 1. The predicted octanol–water partition coefficient (Wildman–Crippen LogP) is 5.67. The molecule has 0 amide bonds. The van der Waals surface area contributed by atoms with Crippen LogP contribution in [0.4, 0.5) is 0 Å². The topological polar surface area (TPSA) is 35.5 Å². The lowest BCUT2D eigenvalue weighted by atomic mass is 9.72. The smallest absolute Gasteiger partial charge is 0.330 e. The maximum atomic E-state index is 11.3. The number of methoxy groups -OCH3 is 1. The average Bonchev–Trinajstić information content (AvgIpc) is 2.53. The fraction of sp³-hybridized carbons (Fsp3) is 0.500. The van der Waals surface area contributed by atoms with Crippen LogP contribution in [-0.4, -0.2) is 19.7 Å². The summed E-state index contributed by atoms with van der Waals surface area (Å²) in [7, 11) is 1.62. The molecule has 0 fully saturated rings. The summed E-state index contributed by atoms with van der Waals surface area (Å²) in [6.07, 6.45) is 14.8. The van der Waals surface area contributed by atoms with Crippen molar-refractivity contribution in [2.75, 3.05) is 13.7 Å². The molecule has 1 rings (SSSR count). The Balaban J connectivity index is 2.86. The molecule has 0 heterocycles. The Morgan fingerprint density at radius 2 is 2.00 bits per heavy atom. The summed E-state index contributed by atoms with van der Waals surface area (Å²) in [5.41, 5.74) is 4.26. The van der Waals surface area contributed by atoms with Crippen molar-refractivity contribution in [3.8, 4) is 0 Å². The summed E-state index contributed by atoms with van der Waals surface area (Å²) < 4.78 is 10.2. The second kappa shape index (κ2) is 10.1. The highest BCUT2D eigenvalue weighted by molar-refractivity contribution is 5.82. The van der Waals surface area contributed by atoms with Gasteiger partial charge in [0, 0.05) is 6.08 Å². The first kappa shape index (κ1) is 21.0. The Morgan fingerprint density at radius 1 is 1.28 bits per heavy atom. The number of carbonyl (C=O) groups excluding carboxylic acids is 1. The van der Waals surface area contributed by atoms with Crippen LogP contribution in [0.25, 0.3) is 0 Å². The molecule has 25 heavy (non-hydrogen) atoms. The maximum Gasteiger partial charge on any atom is 0.330 e. The third-order valence-corrected chi connectivity index (χ3v) is 4.44. The van der Waals surface area contributed by atoms with E-state index >= 15 is 0 Å². The maximum absolute atomic E-state index is 11.3. The zero-order valence-corrected chi connectivity index (χ0v) is 16.5. The van der Waals surface area contributed by atoms with Crippen molar-refractivity contribution in [3.05, 3.63) is 58.9 Å². The van der Waals surface area contributed by atoms with Crippen molar-refractivity contribution in [3.63, 3.8) is 0 Å². The highest BCUT2D eigenvalue weighted by Gasteiger charge is 2.26. The van der Waals surface area contributed by atoms with E-state index in [-0.39, 0.29) is 11.4 Å². The normalized spacial score (nSPS) is 19.0. The molecule has 0 aliphatic heterocycles. The molecular formula is C22H32O3. The number of rotatable bonds is 7. The largest absolute Gasteiger partial charge is 0.497 e. The molecule has 0 atom stereocenters. The first-order chi connectivity index (χ1) is 11.8. The molecule has 0 saturated heterocycles. The summed E-state index contributed by atoms with van der Waals surface area (Å²) >= 11 is 0. The van der Waals surface area contributed by atoms with Gasteiger partial charge in [0.1, 0.15) is 5.76 Å². The van der Waals surface area contributed by atoms with E-state index in [0.29, 0.717) is 12.4 Å². The van der Waals surface area contributed by atoms with Crippen LogP contribution >= 0.6 is 0 Å². The van der Waals surface area contributed by atoms with Crippen molar-refractivity contribution < 1.29 is 14.3 Å². The van der Waals surface area contributed by atoms with Gasteiger partial charge < -0.3 is 9.47 Å². The zero-order valence-electron chi connectivity index (χ0n) is 16.5. The van der Waals surface area contributed by atoms with Gasteiger partial charge in [0.25, 0.3) is 0 Å². The molecule has 0 saturated carbocycles. The molecule has 138 valence electrons. The molecule has 0 bridgehead atoms. The molecule has 1 aliphatic rings. The van der Waals surface area contributed by atoms with Gasteiger partial charge in [-0.25, -0.2) is 4.79 Å². The van der Waals surface area contributed by atoms with Crippen LogP contribution < -0.4 is 0 Å². The number of hydrogen-bond donors (Lipinski definition) is 0. The van der Waals surface area contributed by atoms with Crippen molar-refractivity contribution in [2.45, 2.75) is 53.9 Å². The van der Waals surface area contributed by atoms with Crippen LogP contribution in [0.2, 0.25) is 0 Å². The Kier molecular flexibility index (Phi) is 8.47. The standard InChI is InChI=1S/C22H32O3/c1-7-25-21(23)12-8-11-19(24-6)16-17(2)13-14-20-18(3)10-9-15-22(20,4)5/h8,11-14,16H,7,9-10,15H2,1-6H3/b12-8+,14-13+,17-16-,19-11-. The van der Waals surface area contributed by atoms with E-state index in [0.717, 1.165) is 5.57 Å². The first-order valence-corrected chi connectivity index (χ1v) is 8.96. The Hall–Kier alpha value is -2.03. The molecule has 0 aromatic carbocycles. The molecule has 0 spiro atoms. The fourth-order valence-corrected chi connectivity index (χ4v) is 3.08. The molecule has 0 N–H and O–H groups in total. The van der Waals surface area contributed by atoms with Gasteiger partial charge in [-0.3, -0.25) is 0 Å². The lowest BCUT2D eigenvalue weighted by Gasteiger charge is -2.32. The Morgan fingerprint density at radius 3 is 2.60 bits per heavy atom. The third kappa shape index (κ3) is 7.16. The van der Waals surface area contributed by atoms with Gasteiger partial charge in [-0.2, -0.15) is 0 Å². The van der Waals surface area contributed by atoms with Gasteiger partial charge in [-0.05, 0) is 68.7 Å². The van der Waals surface area contributed by atoms with E-state index in [4.69, 9.17) is 9.47 Å². The van der Waals surface area contributed by atoms with E-state index in [1.807, 2.05) is 13.0 Å². The lowest BCUT2D eigenvalue weighted by molar-refractivity contribution is -0.137. The highest BCUT2D eigenvalue weighted by atomic mass is 16.5. The van der Waals surface area contributed by atoms with Gasteiger partial charge in [0.15, 0.2) is 0 Å². The van der Waals surface area contributed by atoms with Gasteiger partial charge in [0.05, 0.1) is 13.7 Å². The average molecular weight is 344 g/mol. The third-order valence-electron chi connectivity index (χ3n) is 4.44. The summed E-state index contributed by atoms with van der Waals surface area (Å²) in [6.45, 7) is 11.1. The summed E-state index contributed by atoms with van der Waals surface area (Å²) in [6, 6.07) is 0. The van der Waals surface area contributed by atoms with E-state index in [2.05, 4.69) is 32.9 Å². The first-order valence-electron chi connectivity index (χ1n) is 8.96. The van der Waals surface area contributed by atoms with E-state index in [1.54, 1.807) is 26.2 Å². The second-order valence-electron chi connectivity index (χ2n) is 7.04. The van der Waals surface area contributed by atoms with Crippen LogP contribution in [0.1, 0.15) is 53.9 Å². The summed E-state index contributed by atoms with van der Waals surface area (Å²) in [5.74, 6) is 0.341.